The molecule has 5 heteroatoms. The van der Waals surface area contributed by atoms with Crippen LogP contribution >= 0.6 is 15.9 Å². The van der Waals surface area contributed by atoms with Gasteiger partial charge in [0.05, 0.1) is 23.3 Å². The van der Waals surface area contributed by atoms with Crippen LogP contribution < -0.4 is 4.74 Å². The first-order chi connectivity index (χ1) is 9.11. The minimum atomic E-state index is -0.349. The van der Waals surface area contributed by atoms with Crippen molar-refractivity contribution in [2.75, 3.05) is 7.11 Å². The maximum atomic E-state index is 13.1. The molecule has 2 aromatic rings. The molecule has 19 heavy (non-hydrogen) atoms. The van der Waals surface area contributed by atoms with Gasteiger partial charge in [-0.05, 0) is 39.7 Å². The first-order valence-electron chi connectivity index (χ1n) is 5.57. The summed E-state index contributed by atoms with van der Waals surface area (Å²) < 4.78 is 18.6. The number of benzene rings is 1. The molecule has 3 nitrogen and oxygen atoms in total. The van der Waals surface area contributed by atoms with E-state index >= 15 is 0 Å². The van der Waals surface area contributed by atoms with E-state index < -0.39 is 0 Å². The van der Waals surface area contributed by atoms with Crippen molar-refractivity contribution in [2.24, 2.45) is 0 Å². The Balaban J connectivity index is 2.23. The third kappa shape index (κ3) is 3.17. The molecule has 0 amide bonds. The van der Waals surface area contributed by atoms with Gasteiger partial charge in [-0.2, -0.15) is 0 Å². The Bertz CT molecular complexity index is 616. The topological polar surface area (TPSA) is 39.2 Å². The fourth-order valence-electron chi connectivity index (χ4n) is 1.70. The molecular weight excluding hydrogens is 313 g/mol. The van der Waals surface area contributed by atoms with Crippen molar-refractivity contribution in [2.45, 2.75) is 6.42 Å². The molecule has 0 atom stereocenters. The smallest absolute Gasteiger partial charge is 0.171 e. The van der Waals surface area contributed by atoms with E-state index in [4.69, 9.17) is 4.74 Å². The molecule has 98 valence electrons. The van der Waals surface area contributed by atoms with Gasteiger partial charge in [-0.15, -0.1) is 0 Å². The van der Waals surface area contributed by atoms with E-state index in [0.717, 1.165) is 5.56 Å². The largest absolute Gasteiger partial charge is 0.494 e. The van der Waals surface area contributed by atoms with Crippen molar-refractivity contribution in [3.8, 4) is 5.75 Å². The number of carbonyl (C=O) groups is 1. The van der Waals surface area contributed by atoms with Crippen LogP contribution in [0.5, 0.6) is 5.75 Å². The highest BCUT2D eigenvalue weighted by atomic mass is 79.9. The Hall–Kier alpha value is -1.75. The van der Waals surface area contributed by atoms with Crippen LogP contribution in [0.4, 0.5) is 4.39 Å². The van der Waals surface area contributed by atoms with Crippen LogP contribution in [0, 0.1) is 5.82 Å². The molecular formula is C14H11BrFNO2. The molecule has 1 aromatic carbocycles. The lowest BCUT2D eigenvalue weighted by Crippen LogP contribution is -2.06. The number of hydrogen-bond donors (Lipinski definition) is 0. The molecule has 0 spiro atoms. The summed E-state index contributed by atoms with van der Waals surface area (Å²) in [4.78, 5) is 16.1. The van der Waals surface area contributed by atoms with Crippen LogP contribution in [-0.2, 0) is 6.42 Å². The van der Waals surface area contributed by atoms with Crippen molar-refractivity contribution in [3.05, 3.63) is 58.1 Å². The lowest BCUT2D eigenvalue weighted by atomic mass is 10.0. The van der Waals surface area contributed by atoms with Crippen LogP contribution in [-0.4, -0.2) is 17.9 Å². The highest BCUT2D eigenvalue weighted by Crippen LogP contribution is 2.21. The lowest BCUT2D eigenvalue weighted by Gasteiger charge is -2.07. The maximum absolute atomic E-state index is 13.1. The molecule has 1 aromatic heterocycles. The SMILES string of the molecule is COc1cnccc1C(=O)Cc1ccc(F)c(Br)c1. The monoisotopic (exact) mass is 323 g/mol. The Morgan fingerprint density at radius 1 is 1.42 bits per heavy atom. The first-order valence-corrected chi connectivity index (χ1v) is 6.36. The predicted molar refractivity (Wildman–Crippen MR) is 72.9 cm³/mol. The van der Waals surface area contributed by atoms with Crippen molar-refractivity contribution in [1.82, 2.24) is 4.98 Å². The zero-order valence-corrected chi connectivity index (χ0v) is 11.8. The number of ketones is 1. The van der Waals surface area contributed by atoms with Gasteiger partial charge in [-0.1, -0.05) is 6.07 Å². The summed E-state index contributed by atoms with van der Waals surface area (Å²) in [6.07, 6.45) is 3.21. The zero-order chi connectivity index (χ0) is 13.8. The molecule has 0 bridgehead atoms. The quantitative estimate of drug-likeness (QED) is 0.809. The van der Waals surface area contributed by atoms with Gasteiger partial charge in [0, 0.05) is 12.6 Å². The molecule has 0 fully saturated rings. The van der Waals surface area contributed by atoms with E-state index in [2.05, 4.69) is 20.9 Å². The number of nitrogens with zero attached hydrogens (tertiary/aromatic N) is 1. The number of Topliss-reactive ketones (excluding diaryl/α,β-unsaturated/α-hetero) is 1. The summed E-state index contributed by atoms with van der Waals surface area (Å²) in [5.41, 5.74) is 1.20. The lowest BCUT2D eigenvalue weighted by molar-refractivity contribution is 0.0990. The van der Waals surface area contributed by atoms with Gasteiger partial charge in [-0.3, -0.25) is 9.78 Å². The van der Waals surface area contributed by atoms with Gasteiger partial charge in [-0.25, -0.2) is 4.39 Å². The molecule has 0 saturated carbocycles. The third-order valence-electron chi connectivity index (χ3n) is 2.65. The first kappa shape index (κ1) is 13.7. The van der Waals surface area contributed by atoms with Gasteiger partial charge < -0.3 is 4.74 Å². The molecule has 0 aliphatic rings. The number of ether oxygens (including phenoxy) is 1. The highest BCUT2D eigenvalue weighted by molar-refractivity contribution is 9.10. The second kappa shape index (κ2) is 5.93. The zero-order valence-electron chi connectivity index (χ0n) is 10.2. The highest BCUT2D eigenvalue weighted by Gasteiger charge is 2.13. The molecule has 0 aliphatic heterocycles. The Morgan fingerprint density at radius 3 is 2.89 bits per heavy atom. The second-order valence-corrected chi connectivity index (χ2v) is 4.78. The molecule has 0 radical (unpaired) electrons. The standard InChI is InChI=1S/C14H11BrFNO2/c1-19-14-8-17-5-4-10(14)13(18)7-9-2-3-12(16)11(15)6-9/h2-6,8H,7H2,1H3. The summed E-state index contributed by atoms with van der Waals surface area (Å²) in [7, 11) is 1.49. The third-order valence-corrected chi connectivity index (χ3v) is 3.26. The molecule has 0 N–H and O–H groups in total. The van der Waals surface area contributed by atoms with Gasteiger partial charge in [0.25, 0.3) is 0 Å². The fraction of sp³-hybridized carbons (Fsp3) is 0.143. The van der Waals surface area contributed by atoms with Crippen molar-refractivity contribution >= 4 is 21.7 Å². The molecule has 0 unspecified atom stereocenters. The average molecular weight is 324 g/mol. The normalized spacial score (nSPS) is 10.3. The van der Waals surface area contributed by atoms with E-state index in [0.29, 0.717) is 15.8 Å². The van der Waals surface area contributed by atoms with E-state index in [-0.39, 0.29) is 18.0 Å². The number of pyridine rings is 1. The maximum Gasteiger partial charge on any atom is 0.171 e. The number of methoxy groups -OCH3 is 1. The Kier molecular flexibility index (Phi) is 4.27. The number of rotatable bonds is 4. The summed E-state index contributed by atoms with van der Waals surface area (Å²) in [5.74, 6) is -0.0101. The van der Waals surface area contributed by atoms with Gasteiger partial charge >= 0.3 is 0 Å². The summed E-state index contributed by atoms with van der Waals surface area (Å²) in [6, 6.07) is 6.13. The number of hydrogen-bond acceptors (Lipinski definition) is 3. The Labute approximate surface area is 118 Å². The number of halogens is 2. The molecule has 0 saturated heterocycles. The fourth-order valence-corrected chi connectivity index (χ4v) is 2.13. The van der Waals surface area contributed by atoms with E-state index in [1.165, 1.54) is 25.6 Å². The minimum Gasteiger partial charge on any atom is -0.494 e. The molecule has 0 aliphatic carbocycles. The average Bonchev–Trinajstić information content (AvgIpc) is 2.43. The van der Waals surface area contributed by atoms with Crippen LogP contribution in [0.1, 0.15) is 15.9 Å². The van der Waals surface area contributed by atoms with Crippen LogP contribution in [0.25, 0.3) is 0 Å². The summed E-state index contributed by atoms with van der Waals surface area (Å²) in [5, 5.41) is 0. The second-order valence-electron chi connectivity index (χ2n) is 3.92. The van der Waals surface area contributed by atoms with Crippen molar-refractivity contribution in [3.63, 3.8) is 0 Å². The number of aromatic nitrogens is 1. The van der Waals surface area contributed by atoms with Crippen LogP contribution in [0.2, 0.25) is 0 Å². The van der Waals surface area contributed by atoms with Gasteiger partial charge in [0.2, 0.25) is 0 Å². The van der Waals surface area contributed by atoms with Crippen LogP contribution in [0.15, 0.2) is 41.1 Å². The molecule has 1 heterocycles. The van der Waals surface area contributed by atoms with Crippen molar-refractivity contribution < 1.29 is 13.9 Å². The minimum absolute atomic E-state index is 0.0993. The van der Waals surface area contributed by atoms with Gasteiger partial charge in [0.1, 0.15) is 11.6 Å². The van der Waals surface area contributed by atoms with E-state index in [1.807, 2.05) is 0 Å². The number of carbonyl (C=O) groups excluding carboxylic acids is 1. The summed E-state index contributed by atoms with van der Waals surface area (Å²) >= 11 is 3.10. The van der Waals surface area contributed by atoms with Crippen molar-refractivity contribution in [1.29, 1.82) is 0 Å². The Morgan fingerprint density at radius 2 is 2.21 bits per heavy atom. The molecule has 2 rings (SSSR count). The van der Waals surface area contributed by atoms with Crippen LogP contribution in [0.3, 0.4) is 0 Å². The van der Waals surface area contributed by atoms with E-state index in [1.54, 1.807) is 18.2 Å². The summed E-state index contributed by atoms with van der Waals surface area (Å²) in [6.45, 7) is 0. The predicted octanol–water partition coefficient (Wildman–Crippen LogP) is 3.42. The van der Waals surface area contributed by atoms with E-state index in [9.17, 15) is 9.18 Å². The van der Waals surface area contributed by atoms with Gasteiger partial charge in [0.15, 0.2) is 5.78 Å².